The molecule has 0 aromatic heterocycles. The molecule has 3 nitrogen and oxygen atoms in total. The number of rotatable bonds is 6. The zero-order valence-electron chi connectivity index (χ0n) is 11.1. The fourth-order valence-corrected chi connectivity index (χ4v) is 1.83. The molecule has 0 aromatic carbocycles. The second-order valence-corrected chi connectivity index (χ2v) is 4.32. The second kappa shape index (κ2) is 7.64. The lowest BCUT2D eigenvalue weighted by Gasteiger charge is -2.07. The third-order valence-electron chi connectivity index (χ3n) is 2.90. The third-order valence-corrected chi connectivity index (χ3v) is 2.90. The van der Waals surface area contributed by atoms with Gasteiger partial charge in [0.15, 0.2) is 5.78 Å². The standard InChI is InChI=1S/C15H20O3/c1-3-4-5-10-14(16)12-8-6-7-9-13(11-12)15(17)18-2/h6-9H,3-5,10-11H2,1-2H3. The summed E-state index contributed by atoms with van der Waals surface area (Å²) in [4.78, 5) is 23.5. The average Bonchev–Trinajstić information content (AvgIpc) is 2.63. The summed E-state index contributed by atoms with van der Waals surface area (Å²) in [5, 5.41) is 0. The van der Waals surface area contributed by atoms with Crippen molar-refractivity contribution in [2.45, 2.75) is 39.0 Å². The highest BCUT2D eigenvalue weighted by molar-refractivity contribution is 5.99. The molecule has 0 fully saturated rings. The predicted molar refractivity (Wildman–Crippen MR) is 71.1 cm³/mol. The Morgan fingerprint density at radius 2 is 1.83 bits per heavy atom. The van der Waals surface area contributed by atoms with Crippen molar-refractivity contribution in [3.63, 3.8) is 0 Å². The number of carbonyl (C=O) groups is 2. The van der Waals surface area contributed by atoms with Gasteiger partial charge in [0.2, 0.25) is 0 Å². The quantitative estimate of drug-likeness (QED) is 0.536. The summed E-state index contributed by atoms with van der Waals surface area (Å²) in [5.74, 6) is -0.237. The number of unbranched alkanes of at least 4 members (excludes halogenated alkanes) is 2. The van der Waals surface area contributed by atoms with Crippen molar-refractivity contribution in [2.24, 2.45) is 0 Å². The largest absolute Gasteiger partial charge is 0.466 e. The van der Waals surface area contributed by atoms with Crippen molar-refractivity contribution < 1.29 is 14.3 Å². The van der Waals surface area contributed by atoms with Gasteiger partial charge in [-0.25, -0.2) is 4.79 Å². The second-order valence-electron chi connectivity index (χ2n) is 4.32. The summed E-state index contributed by atoms with van der Waals surface area (Å²) in [5.41, 5.74) is 1.22. The number of carbonyl (C=O) groups excluding carboxylic acids is 2. The van der Waals surface area contributed by atoms with Gasteiger partial charge < -0.3 is 4.74 Å². The number of Topliss-reactive ketones (excluding diaryl/α,β-unsaturated/α-hetero) is 1. The maximum Gasteiger partial charge on any atom is 0.334 e. The van der Waals surface area contributed by atoms with E-state index in [1.54, 1.807) is 24.3 Å². The highest BCUT2D eigenvalue weighted by atomic mass is 16.5. The molecule has 0 heterocycles. The molecule has 0 aliphatic heterocycles. The number of allylic oxidation sites excluding steroid dienone is 5. The van der Waals surface area contributed by atoms with Crippen LogP contribution in [0.4, 0.5) is 0 Å². The van der Waals surface area contributed by atoms with E-state index in [4.69, 9.17) is 4.74 Å². The van der Waals surface area contributed by atoms with Crippen LogP contribution in [-0.2, 0) is 14.3 Å². The first-order chi connectivity index (χ1) is 8.69. The van der Waals surface area contributed by atoms with Gasteiger partial charge in [0, 0.05) is 18.4 Å². The van der Waals surface area contributed by atoms with Crippen LogP contribution in [-0.4, -0.2) is 18.9 Å². The smallest absolute Gasteiger partial charge is 0.334 e. The monoisotopic (exact) mass is 248 g/mol. The van der Waals surface area contributed by atoms with E-state index in [0.29, 0.717) is 24.0 Å². The normalized spacial score (nSPS) is 14.6. The molecule has 0 aromatic rings. The van der Waals surface area contributed by atoms with E-state index in [1.165, 1.54) is 7.11 Å². The molecule has 0 radical (unpaired) electrons. The van der Waals surface area contributed by atoms with E-state index in [2.05, 4.69) is 6.92 Å². The molecule has 3 heteroatoms. The Morgan fingerprint density at radius 3 is 2.44 bits per heavy atom. The van der Waals surface area contributed by atoms with Gasteiger partial charge in [-0.1, -0.05) is 44.1 Å². The number of methoxy groups -OCH3 is 1. The Bertz CT molecular complexity index is 400. The average molecular weight is 248 g/mol. The van der Waals surface area contributed by atoms with Crippen LogP contribution in [0.15, 0.2) is 35.5 Å². The molecule has 98 valence electrons. The lowest BCUT2D eigenvalue weighted by atomic mass is 9.98. The Balaban J connectivity index is 2.64. The summed E-state index contributed by atoms with van der Waals surface area (Å²) in [7, 11) is 1.35. The SMILES string of the molecule is CCCCCC(=O)C1=CC=CC=C(C(=O)OC)C1. The number of esters is 1. The number of ketones is 1. The molecule has 0 saturated carbocycles. The van der Waals surface area contributed by atoms with Crippen molar-refractivity contribution in [1.82, 2.24) is 0 Å². The molecule has 0 saturated heterocycles. The van der Waals surface area contributed by atoms with Crippen molar-refractivity contribution in [3.8, 4) is 0 Å². The number of ether oxygens (including phenoxy) is 1. The molecule has 0 atom stereocenters. The molecule has 18 heavy (non-hydrogen) atoms. The first kappa shape index (κ1) is 14.4. The number of hydrogen-bond donors (Lipinski definition) is 0. The van der Waals surface area contributed by atoms with E-state index >= 15 is 0 Å². The van der Waals surface area contributed by atoms with Crippen molar-refractivity contribution in [3.05, 3.63) is 35.5 Å². The van der Waals surface area contributed by atoms with Gasteiger partial charge in [-0.05, 0) is 12.0 Å². The first-order valence-corrected chi connectivity index (χ1v) is 6.37. The summed E-state index contributed by atoms with van der Waals surface area (Å²) in [6.45, 7) is 2.11. The van der Waals surface area contributed by atoms with Crippen molar-refractivity contribution in [1.29, 1.82) is 0 Å². The van der Waals surface area contributed by atoms with E-state index in [-0.39, 0.29) is 11.8 Å². The van der Waals surface area contributed by atoms with Crippen LogP contribution in [0.5, 0.6) is 0 Å². The van der Waals surface area contributed by atoms with Crippen LogP contribution in [0, 0.1) is 0 Å². The Hall–Kier alpha value is -1.64. The van der Waals surface area contributed by atoms with Crippen molar-refractivity contribution in [2.75, 3.05) is 7.11 Å². The minimum atomic E-state index is -0.367. The molecule has 1 aliphatic carbocycles. The van der Waals surface area contributed by atoms with Crippen LogP contribution in [0.2, 0.25) is 0 Å². The van der Waals surface area contributed by atoms with Crippen molar-refractivity contribution >= 4 is 11.8 Å². The third kappa shape index (κ3) is 4.32. The van der Waals surface area contributed by atoms with Crippen LogP contribution in [0.25, 0.3) is 0 Å². The van der Waals surface area contributed by atoms with E-state index in [9.17, 15) is 9.59 Å². The minimum absolute atomic E-state index is 0.129. The molecular weight excluding hydrogens is 228 g/mol. The molecule has 0 bridgehead atoms. The van der Waals surface area contributed by atoms with Gasteiger partial charge in [0.1, 0.15) is 0 Å². The van der Waals surface area contributed by atoms with Gasteiger partial charge in [0.05, 0.1) is 7.11 Å². The first-order valence-electron chi connectivity index (χ1n) is 6.37. The Morgan fingerprint density at radius 1 is 1.17 bits per heavy atom. The molecule has 0 N–H and O–H groups in total. The summed E-state index contributed by atoms with van der Waals surface area (Å²) in [6, 6.07) is 0. The van der Waals surface area contributed by atoms with E-state index in [0.717, 1.165) is 19.3 Å². The molecule has 1 aliphatic rings. The van der Waals surface area contributed by atoms with Gasteiger partial charge >= 0.3 is 5.97 Å². The van der Waals surface area contributed by atoms with Crippen LogP contribution >= 0.6 is 0 Å². The van der Waals surface area contributed by atoms with Crippen LogP contribution in [0.1, 0.15) is 39.0 Å². The number of hydrogen-bond acceptors (Lipinski definition) is 3. The van der Waals surface area contributed by atoms with Gasteiger partial charge in [0.25, 0.3) is 0 Å². The van der Waals surface area contributed by atoms with Gasteiger partial charge in [-0.2, -0.15) is 0 Å². The minimum Gasteiger partial charge on any atom is -0.466 e. The zero-order valence-corrected chi connectivity index (χ0v) is 11.1. The maximum atomic E-state index is 12.0. The van der Waals surface area contributed by atoms with Gasteiger partial charge in [-0.15, -0.1) is 0 Å². The summed E-state index contributed by atoms with van der Waals surface area (Å²) >= 11 is 0. The highest BCUT2D eigenvalue weighted by Gasteiger charge is 2.16. The molecular formula is C15H20O3. The van der Waals surface area contributed by atoms with Crippen LogP contribution < -0.4 is 0 Å². The zero-order chi connectivity index (χ0) is 13.4. The fourth-order valence-electron chi connectivity index (χ4n) is 1.83. The lowest BCUT2D eigenvalue weighted by Crippen LogP contribution is -2.09. The Kier molecular flexibility index (Phi) is 6.12. The topological polar surface area (TPSA) is 43.4 Å². The summed E-state index contributed by atoms with van der Waals surface area (Å²) in [6.07, 6.45) is 11.0. The lowest BCUT2D eigenvalue weighted by molar-refractivity contribution is -0.136. The molecule has 1 rings (SSSR count). The summed E-state index contributed by atoms with van der Waals surface area (Å²) < 4.78 is 4.69. The highest BCUT2D eigenvalue weighted by Crippen LogP contribution is 2.19. The Labute approximate surface area is 108 Å². The van der Waals surface area contributed by atoms with Gasteiger partial charge in [-0.3, -0.25) is 4.79 Å². The molecule has 0 spiro atoms. The van der Waals surface area contributed by atoms with Crippen LogP contribution in [0.3, 0.4) is 0 Å². The molecule has 0 amide bonds. The molecule has 0 unspecified atom stereocenters. The fraction of sp³-hybridized carbons (Fsp3) is 0.467. The maximum absolute atomic E-state index is 12.0. The van der Waals surface area contributed by atoms with E-state index < -0.39 is 0 Å². The van der Waals surface area contributed by atoms with E-state index in [1.807, 2.05) is 0 Å². The predicted octanol–water partition coefficient (Wildman–Crippen LogP) is 3.12.